The number of rotatable bonds is 4. The van der Waals surface area contributed by atoms with Crippen LogP contribution in [0.5, 0.6) is 0 Å². The number of morpholine rings is 1. The molecule has 0 aliphatic carbocycles. The second-order valence-corrected chi connectivity index (χ2v) is 6.61. The topological polar surface area (TPSA) is 42.8 Å². The summed E-state index contributed by atoms with van der Waals surface area (Å²) in [5, 5.41) is 2.91. The Morgan fingerprint density at radius 2 is 1.67 bits per heavy atom. The average molecular weight is 325 g/mol. The Labute approximate surface area is 143 Å². The van der Waals surface area contributed by atoms with Gasteiger partial charge in [0.1, 0.15) is 31.8 Å². The molecule has 0 saturated carbocycles. The zero-order valence-electron chi connectivity index (χ0n) is 14.3. The van der Waals surface area contributed by atoms with Crippen molar-refractivity contribution in [1.29, 1.82) is 0 Å². The molecule has 0 radical (unpaired) electrons. The minimum atomic E-state index is -0.0753. The summed E-state index contributed by atoms with van der Waals surface area (Å²) < 4.78 is 5.79. The molecule has 126 valence electrons. The Kier molecular flexibility index (Phi) is 5.28. The molecule has 0 unspecified atom stereocenters. The molecule has 4 heteroatoms. The smallest absolute Gasteiger partial charge is 0.255 e. The summed E-state index contributed by atoms with van der Waals surface area (Å²) in [6, 6.07) is 17.4. The van der Waals surface area contributed by atoms with Crippen LogP contribution in [0.15, 0.2) is 54.6 Å². The number of para-hydroxylation sites is 1. The number of hydrogen-bond acceptors (Lipinski definition) is 2. The van der Waals surface area contributed by atoms with E-state index in [1.165, 1.54) is 10.5 Å². The quantitative estimate of drug-likeness (QED) is 0.904. The lowest BCUT2D eigenvalue weighted by atomic mass is 10.1. The molecule has 0 spiro atoms. The molecule has 1 aliphatic rings. The third-order valence-electron chi connectivity index (χ3n) is 4.32. The van der Waals surface area contributed by atoms with Gasteiger partial charge in [0.25, 0.3) is 5.91 Å². The first-order valence-corrected chi connectivity index (χ1v) is 8.54. The zero-order chi connectivity index (χ0) is 16.9. The minimum Gasteiger partial charge on any atom is -0.364 e. The van der Waals surface area contributed by atoms with E-state index in [4.69, 9.17) is 4.74 Å². The molecule has 3 rings (SSSR count). The van der Waals surface area contributed by atoms with Crippen LogP contribution in [0.1, 0.15) is 29.8 Å². The van der Waals surface area contributed by atoms with Crippen LogP contribution in [0.25, 0.3) is 0 Å². The molecule has 2 aromatic carbocycles. The second-order valence-electron chi connectivity index (χ2n) is 6.61. The largest absolute Gasteiger partial charge is 0.364 e. The van der Waals surface area contributed by atoms with E-state index >= 15 is 0 Å². The molecular formula is C20H25N2O2+. The molecule has 2 atom stereocenters. The van der Waals surface area contributed by atoms with Crippen molar-refractivity contribution < 1.29 is 14.4 Å². The Bertz CT molecular complexity index is 660. The van der Waals surface area contributed by atoms with Gasteiger partial charge in [-0.1, -0.05) is 30.3 Å². The molecule has 2 aromatic rings. The van der Waals surface area contributed by atoms with Gasteiger partial charge in [0.15, 0.2) is 0 Å². The lowest BCUT2D eigenvalue weighted by Gasteiger charge is -2.32. The first-order chi connectivity index (χ1) is 11.6. The van der Waals surface area contributed by atoms with E-state index in [0.29, 0.717) is 17.8 Å². The maximum atomic E-state index is 12.3. The van der Waals surface area contributed by atoms with Crippen LogP contribution < -0.4 is 10.2 Å². The Morgan fingerprint density at radius 3 is 2.29 bits per heavy atom. The molecular weight excluding hydrogens is 300 g/mol. The highest BCUT2D eigenvalue weighted by Crippen LogP contribution is 2.10. The van der Waals surface area contributed by atoms with Gasteiger partial charge < -0.3 is 15.0 Å². The normalized spacial score (nSPS) is 23.7. The highest BCUT2D eigenvalue weighted by Gasteiger charge is 2.25. The third-order valence-corrected chi connectivity index (χ3v) is 4.32. The van der Waals surface area contributed by atoms with E-state index in [9.17, 15) is 4.79 Å². The number of quaternary nitrogens is 1. The van der Waals surface area contributed by atoms with Crippen LogP contribution in [0.3, 0.4) is 0 Å². The molecule has 1 heterocycles. The van der Waals surface area contributed by atoms with Crippen molar-refractivity contribution in [1.82, 2.24) is 0 Å². The Hall–Kier alpha value is -2.17. The molecule has 2 N–H and O–H groups in total. The first kappa shape index (κ1) is 16.7. The van der Waals surface area contributed by atoms with Crippen LogP contribution in [-0.4, -0.2) is 31.2 Å². The van der Waals surface area contributed by atoms with Crippen LogP contribution in [0.4, 0.5) is 5.69 Å². The van der Waals surface area contributed by atoms with Crippen LogP contribution in [-0.2, 0) is 11.3 Å². The van der Waals surface area contributed by atoms with E-state index < -0.39 is 0 Å². The SMILES string of the molecule is C[C@H]1C[NH+](Cc2ccc(C(=O)Nc3ccccc3)cc2)C[C@H](C)O1. The molecule has 24 heavy (non-hydrogen) atoms. The molecule has 4 nitrogen and oxygen atoms in total. The van der Waals surface area contributed by atoms with E-state index in [1.54, 1.807) is 0 Å². The summed E-state index contributed by atoms with van der Waals surface area (Å²) in [6.07, 6.45) is 0.611. The molecule has 1 amide bonds. The molecule has 1 fully saturated rings. The first-order valence-electron chi connectivity index (χ1n) is 8.54. The molecule has 1 aliphatic heterocycles. The fourth-order valence-electron chi connectivity index (χ4n) is 3.32. The van der Waals surface area contributed by atoms with Crippen LogP contribution in [0.2, 0.25) is 0 Å². The standard InChI is InChI=1S/C20H24N2O2/c1-15-12-22(13-16(2)24-15)14-17-8-10-18(11-9-17)20(23)21-19-6-4-3-5-7-19/h3-11,15-16H,12-14H2,1-2H3,(H,21,23)/p+1/t15-,16-/m0/s1. The summed E-state index contributed by atoms with van der Waals surface area (Å²) in [6.45, 7) is 7.29. The lowest BCUT2D eigenvalue weighted by molar-refractivity contribution is -0.928. The third kappa shape index (κ3) is 4.43. The van der Waals surface area contributed by atoms with Crippen molar-refractivity contribution in [3.05, 3.63) is 65.7 Å². The summed E-state index contributed by atoms with van der Waals surface area (Å²) >= 11 is 0. The number of carbonyl (C=O) groups excluding carboxylic acids is 1. The van der Waals surface area contributed by atoms with Gasteiger partial charge in [0, 0.05) is 16.8 Å². The van der Waals surface area contributed by atoms with Crippen molar-refractivity contribution in [2.45, 2.75) is 32.6 Å². The fourth-order valence-corrected chi connectivity index (χ4v) is 3.32. The second kappa shape index (κ2) is 7.60. The van der Waals surface area contributed by atoms with Gasteiger partial charge in [-0.2, -0.15) is 0 Å². The van der Waals surface area contributed by atoms with Crippen molar-refractivity contribution in [3.63, 3.8) is 0 Å². The Morgan fingerprint density at radius 1 is 1.04 bits per heavy atom. The highest BCUT2D eigenvalue weighted by molar-refractivity contribution is 6.04. The molecule has 1 saturated heterocycles. The van der Waals surface area contributed by atoms with Gasteiger partial charge in [-0.15, -0.1) is 0 Å². The van der Waals surface area contributed by atoms with Gasteiger partial charge in [0.05, 0.1) is 0 Å². The maximum Gasteiger partial charge on any atom is 0.255 e. The van der Waals surface area contributed by atoms with Crippen LogP contribution in [0, 0.1) is 0 Å². The van der Waals surface area contributed by atoms with E-state index in [-0.39, 0.29) is 5.91 Å². The fraction of sp³-hybridized carbons (Fsp3) is 0.350. The number of anilines is 1. The summed E-state index contributed by atoms with van der Waals surface area (Å²) in [7, 11) is 0. The minimum absolute atomic E-state index is 0.0753. The summed E-state index contributed by atoms with van der Waals surface area (Å²) in [5.41, 5.74) is 2.75. The van der Waals surface area contributed by atoms with Crippen molar-refractivity contribution in [2.24, 2.45) is 0 Å². The monoisotopic (exact) mass is 325 g/mol. The Balaban J connectivity index is 1.60. The predicted molar refractivity (Wildman–Crippen MR) is 95.2 cm³/mol. The molecule has 0 aromatic heterocycles. The van der Waals surface area contributed by atoms with E-state index in [0.717, 1.165) is 25.3 Å². The van der Waals surface area contributed by atoms with Gasteiger partial charge in [-0.05, 0) is 38.1 Å². The van der Waals surface area contributed by atoms with E-state index in [2.05, 4.69) is 31.3 Å². The number of ether oxygens (including phenoxy) is 1. The zero-order valence-corrected chi connectivity index (χ0v) is 14.3. The summed E-state index contributed by atoms with van der Waals surface area (Å²) in [4.78, 5) is 13.8. The van der Waals surface area contributed by atoms with Gasteiger partial charge >= 0.3 is 0 Å². The predicted octanol–water partition coefficient (Wildman–Crippen LogP) is 2.13. The van der Waals surface area contributed by atoms with Crippen molar-refractivity contribution in [2.75, 3.05) is 18.4 Å². The number of benzene rings is 2. The highest BCUT2D eigenvalue weighted by atomic mass is 16.5. The van der Waals surface area contributed by atoms with Crippen molar-refractivity contribution >= 4 is 11.6 Å². The number of carbonyl (C=O) groups is 1. The molecule has 0 bridgehead atoms. The number of nitrogens with one attached hydrogen (secondary N) is 2. The number of amides is 1. The summed E-state index contributed by atoms with van der Waals surface area (Å²) in [5.74, 6) is -0.0753. The van der Waals surface area contributed by atoms with Gasteiger partial charge in [-0.3, -0.25) is 4.79 Å². The van der Waals surface area contributed by atoms with E-state index in [1.807, 2.05) is 42.5 Å². The van der Waals surface area contributed by atoms with Gasteiger partial charge in [0.2, 0.25) is 0 Å². The number of hydrogen-bond donors (Lipinski definition) is 2. The van der Waals surface area contributed by atoms with Crippen molar-refractivity contribution in [3.8, 4) is 0 Å². The average Bonchev–Trinajstić information content (AvgIpc) is 2.55. The van der Waals surface area contributed by atoms with Crippen LogP contribution >= 0.6 is 0 Å². The maximum absolute atomic E-state index is 12.3. The van der Waals surface area contributed by atoms with Gasteiger partial charge in [-0.25, -0.2) is 0 Å². The lowest BCUT2D eigenvalue weighted by Crippen LogP contribution is -3.14.